The van der Waals surface area contributed by atoms with Crippen molar-refractivity contribution in [3.63, 3.8) is 0 Å². The molecule has 2 aromatic carbocycles. The van der Waals surface area contributed by atoms with Gasteiger partial charge in [0, 0.05) is 6.08 Å². The van der Waals surface area contributed by atoms with Crippen LogP contribution in [0.15, 0.2) is 54.6 Å². The second kappa shape index (κ2) is 8.78. The Balaban J connectivity index is 2.02. The van der Waals surface area contributed by atoms with Gasteiger partial charge in [0.25, 0.3) is 0 Å². The third-order valence-electron chi connectivity index (χ3n) is 3.65. The molecule has 25 heavy (non-hydrogen) atoms. The van der Waals surface area contributed by atoms with Gasteiger partial charge in [-0.1, -0.05) is 31.2 Å². The molecule has 130 valence electrons. The monoisotopic (exact) mass is 342 g/mol. The standard InChI is InChI=1S/C20H19FO4/c1-3-14(15-8-10-16(24-2)11-9-15)12-20(23)25-13-19(22)17-6-4-5-7-18(17)21/h4-12H,3,13H2,1-2H3/b14-12+. The molecule has 0 radical (unpaired) electrons. The Kier molecular flexibility index (Phi) is 6.46. The van der Waals surface area contributed by atoms with E-state index in [1.54, 1.807) is 25.3 Å². The van der Waals surface area contributed by atoms with Gasteiger partial charge in [0.05, 0.1) is 12.7 Å². The molecule has 0 aliphatic heterocycles. The molecule has 0 fully saturated rings. The summed E-state index contributed by atoms with van der Waals surface area (Å²) in [5, 5.41) is 0. The summed E-state index contributed by atoms with van der Waals surface area (Å²) in [5.41, 5.74) is 1.54. The Labute approximate surface area is 145 Å². The Morgan fingerprint density at radius 1 is 1.08 bits per heavy atom. The highest BCUT2D eigenvalue weighted by molar-refractivity contribution is 5.99. The van der Waals surface area contributed by atoms with Crippen LogP contribution in [0, 0.1) is 5.82 Å². The predicted molar refractivity (Wildman–Crippen MR) is 93.0 cm³/mol. The van der Waals surface area contributed by atoms with Crippen molar-refractivity contribution in [2.45, 2.75) is 13.3 Å². The van der Waals surface area contributed by atoms with Crippen LogP contribution in [0.3, 0.4) is 0 Å². The van der Waals surface area contributed by atoms with Crippen LogP contribution in [0.25, 0.3) is 5.57 Å². The van der Waals surface area contributed by atoms with Crippen LogP contribution in [0.1, 0.15) is 29.3 Å². The number of carbonyl (C=O) groups excluding carboxylic acids is 2. The van der Waals surface area contributed by atoms with Crippen molar-refractivity contribution < 1.29 is 23.5 Å². The molecule has 0 aliphatic carbocycles. The van der Waals surface area contributed by atoms with Crippen LogP contribution in [0.4, 0.5) is 4.39 Å². The van der Waals surface area contributed by atoms with Gasteiger partial charge in [0.1, 0.15) is 11.6 Å². The summed E-state index contributed by atoms with van der Waals surface area (Å²) in [7, 11) is 1.58. The van der Waals surface area contributed by atoms with E-state index in [1.807, 2.05) is 19.1 Å². The molecule has 0 N–H and O–H groups in total. The number of halogens is 1. The Morgan fingerprint density at radius 2 is 1.76 bits per heavy atom. The summed E-state index contributed by atoms with van der Waals surface area (Å²) in [6, 6.07) is 12.9. The Hall–Kier alpha value is -2.95. The predicted octanol–water partition coefficient (Wildman–Crippen LogP) is 4.05. The van der Waals surface area contributed by atoms with Crippen LogP contribution in [-0.4, -0.2) is 25.5 Å². The first kappa shape index (κ1) is 18.4. The average molecular weight is 342 g/mol. The lowest BCUT2D eigenvalue weighted by molar-refractivity contribution is -0.136. The molecular weight excluding hydrogens is 323 g/mol. The van der Waals surface area contributed by atoms with Gasteiger partial charge in [-0.25, -0.2) is 9.18 Å². The summed E-state index contributed by atoms with van der Waals surface area (Å²) < 4.78 is 23.6. The average Bonchev–Trinajstić information content (AvgIpc) is 2.64. The van der Waals surface area contributed by atoms with Gasteiger partial charge >= 0.3 is 5.97 Å². The molecular formula is C20H19FO4. The first-order valence-electron chi connectivity index (χ1n) is 7.84. The number of hydrogen-bond acceptors (Lipinski definition) is 4. The van der Waals surface area contributed by atoms with E-state index in [0.717, 1.165) is 16.9 Å². The Morgan fingerprint density at radius 3 is 2.36 bits per heavy atom. The zero-order valence-corrected chi connectivity index (χ0v) is 14.1. The lowest BCUT2D eigenvalue weighted by atomic mass is 10.0. The fourth-order valence-electron chi connectivity index (χ4n) is 2.28. The van der Waals surface area contributed by atoms with Crippen molar-refractivity contribution in [3.05, 3.63) is 71.6 Å². The lowest BCUT2D eigenvalue weighted by Crippen LogP contribution is -2.14. The zero-order chi connectivity index (χ0) is 18.2. The second-order valence-corrected chi connectivity index (χ2v) is 5.26. The number of ketones is 1. The van der Waals surface area contributed by atoms with E-state index >= 15 is 0 Å². The maximum absolute atomic E-state index is 13.5. The van der Waals surface area contributed by atoms with E-state index in [1.165, 1.54) is 24.3 Å². The molecule has 0 spiro atoms. The highest BCUT2D eigenvalue weighted by Crippen LogP contribution is 2.21. The van der Waals surface area contributed by atoms with Crippen molar-refractivity contribution in [2.75, 3.05) is 13.7 Å². The van der Waals surface area contributed by atoms with E-state index in [9.17, 15) is 14.0 Å². The minimum absolute atomic E-state index is 0.0925. The van der Waals surface area contributed by atoms with E-state index in [-0.39, 0.29) is 5.56 Å². The van der Waals surface area contributed by atoms with Crippen LogP contribution >= 0.6 is 0 Å². The van der Waals surface area contributed by atoms with Crippen LogP contribution in [0.5, 0.6) is 5.75 Å². The maximum Gasteiger partial charge on any atom is 0.331 e. The zero-order valence-electron chi connectivity index (χ0n) is 14.1. The summed E-state index contributed by atoms with van der Waals surface area (Å²) in [5.74, 6) is -1.14. The molecule has 0 aromatic heterocycles. The smallest absolute Gasteiger partial charge is 0.331 e. The van der Waals surface area contributed by atoms with Crippen molar-refractivity contribution in [2.24, 2.45) is 0 Å². The SMILES string of the molecule is CC/C(=C\C(=O)OCC(=O)c1ccccc1F)c1ccc(OC)cc1. The van der Waals surface area contributed by atoms with Crippen molar-refractivity contribution in [1.29, 1.82) is 0 Å². The number of esters is 1. The van der Waals surface area contributed by atoms with Crippen molar-refractivity contribution in [1.82, 2.24) is 0 Å². The quantitative estimate of drug-likeness (QED) is 0.433. The normalized spacial score (nSPS) is 11.1. The van der Waals surface area contributed by atoms with Gasteiger partial charge in [0.2, 0.25) is 5.78 Å². The number of Topliss-reactive ketones (excluding diaryl/α,β-unsaturated/α-hetero) is 1. The van der Waals surface area contributed by atoms with Gasteiger partial charge in [-0.2, -0.15) is 0 Å². The second-order valence-electron chi connectivity index (χ2n) is 5.26. The van der Waals surface area contributed by atoms with Gasteiger partial charge in [-0.05, 0) is 41.8 Å². The number of benzene rings is 2. The molecule has 2 aromatic rings. The van der Waals surface area contributed by atoms with Gasteiger partial charge < -0.3 is 9.47 Å². The maximum atomic E-state index is 13.5. The molecule has 2 rings (SSSR count). The molecule has 0 bridgehead atoms. The minimum atomic E-state index is -0.641. The largest absolute Gasteiger partial charge is 0.497 e. The molecule has 0 unspecified atom stereocenters. The summed E-state index contributed by atoms with van der Waals surface area (Å²) in [6.07, 6.45) is 1.96. The highest BCUT2D eigenvalue weighted by Gasteiger charge is 2.13. The summed E-state index contributed by atoms with van der Waals surface area (Å²) >= 11 is 0. The van der Waals surface area contributed by atoms with E-state index < -0.39 is 24.2 Å². The number of methoxy groups -OCH3 is 1. The number of carbonyl (C=O) groups is 2. The number of ether oxygens (including phenoxy) is 2. The Bertz CT molecular complexity index is 779. The van der Waals surface area contributed by atoms with Gasteiger partial charge in [-0.15, -0.1) is 0 Å². The highest BCUT2D eigenvalue weighted by atomic mass is 19.1. The van der Waals surface area contributed by atoms with E-state index in [0.29, 0.717) is 6.42 Å². The summed E-state index contributed by atoms with van der Waals surface area (Å²) in [6.45, 7) is 1.41. The van der Waals surface area contributed by atoms with Crippen molar-refractivity contribution >= 4 is 17.3 Å². The van der Waals surface area contributed by atoms with Gasteiger partial charge in [-0.3, -0.25) is 4.79 Å². The molecule has 0 atom stereocenters. The minimum Gasteiger partial charge on any atom is -0.497 e. The third-order valence-corrected chi connectivity index (χ3v) is 3.65. The van der Waals surface area contributed by atoms with E-state index in [4.69, 9.17) is 9.47 Å². The van der Waals surface area contributed by atoms with Gasteiger partial charge in [0.15, 0.2) is 6.61 Å². The first-order chi connectivity index (χ1) is 12.0. The summed E-state index contributed by atoms with van der Waals surface area (Å²) in [4.78, 5) is 23.9. The van der Waals surface area contributed by atoms with Crippen LogP contribution < -0.4 is 4.74 Å². The molecule has 0 amide bonds. The van der Waals surface area contributed by atoms with Crippen molar-refractivity contribution in [3.8, 4) is 5.75 Å². The van der Waals surface area contributed by atoms with Crippen LogP contribution in [0.2, 0.25) is 0 Å². The molecule has 5 heteroatoms. The number of hydrogen-bond donors (Lipinski definition) is 0. The molecule has 0 heterocycles. The molecule has 0 saturated heterocycles. The lowest BCUT2D eigenvalue weighted by Gasteiger charge is -2.07. The number of allylic oxidation sites excluding steroid dienone is 1. The topological polar surface area (TPSA) is 52.6 Å². The first-order valence-corrected chi connectivity index (χ1v) is 7.84. The molecule has 0 aliphatic rings. The third kappa shape index (κ3) is 5.01. The molecule has 4 nitrogen and oxygen atoms in total. The fourth-order valence-corrected chi connectivity index (χ4v) is 2.28. The van der Waals surface area contributed by atoms with E-state index in [2.05, 4.69) is 0 Å². The number of rotatable bonds is 7. The fraction of sp³-hybridized carbons (Fsp3) is 0.200. The van der Waals surface area contributed by atoms with Crippen LogP contribution in [-0.2, 0) is 9.53 Å². The molecule has 0 saturated carbocycles.